The van der Waals surface area contributed by atoms with Gasteiger partial charge in [-0.3, -0.25) is 29.6 Å². The monoisotopic (exact) mass is 736 g/mol. The van der Waals surface area contributed by atoms with Gasteiger partial charge in [-0.25, -0.2) is 9.79 Å². The average molecular weight is 738 g/mol. The Balaban J connectivity index is 1.59. The van der Waals surface area contributed by atoms with Gasteiger partial charge in [0.2, 0.25) is 5.75 Å². The van der Waals surface area contributed by atoms with Gasteiger partial charge in [0.05, 0.1) is 42.8 Å². The predicted octanol–water partition coefficient (Wildman–Crippen LogP) is 5.74. The van der Waals surface area contributed by atoms with Gasteiger partial charge in [-0.05, 0) is 85.1 Å². The van der Waals surface area contributed by atoms with E-state index >= 15 is 0 Å². The van der Waals surface area contributed by atoms with Crippen LogP contribution >= 0.6 is 27.3 Å². The summed E-state index contributed by atoms with van der Waals surface area (Å²) >= 11 is 4.44. The number of aromatic nitrogens is 1. The van der Waals surface area contributed by atoms with E-state index in [2.05, 4.69) is 20.9 Å². The Bertz CT molecular complexity index is 2140. The fraction of sp³-hybridized carbons (Fsp3) is 0.242. The number of carbonyl (C=O) groups is 1. The quantitative estimate of drug-likeness (QED) is 0.106. The van der Waals surface area contributed by atoms with E-state index in [4.69, 9.17) is 14.2 Å². The number of allylic oxidation sites excluding steroid dienone is 1. The molecule has 5 rings (SSSR count). The number of ether oxygens (including phenoxy) is 3. The molecule has 13 nitrogen and oxygen atoms in total. The van der Waals surface area contributed by atoms with Crippen LogP contribution in [0.15, 0.2) is 86.2 Å². The molecule has 3 aromatic carbocycles. The highest BCUT2D eigenvalue weighted by atomic mass is 79.9. The number of non-ortho nitro benzene ring substituents is 1. The first-order valence-electron chi connectivity index (χ1n) is 14.7. The Kier molecular flexibility index (Phi) is 10.2. The van der Waals surface area contributed by atoms with Crippen molar-refractivity contribution in [1.82, 2.24) is 4.57 Å². The zero-order chi connectivity index (χ0) is 34.7. The standard InChI is InChI=1S/C33H29BrN4O9S/c1-5-45-32(40)28-19(4)35-33-36(29(28)23-8-6-7-9-26(23)47-18(2)3)31(39)27(48-33)16-21-14-24(34)30(25(15-21)38(43)44)46-17-20-10-12-22(13-11-20)37(41)42/h6-16,18,29H,5,17H2,1-4H3/b27-16-/t29-/m1/s1. The van der Waals surface area contributed by atoms with Crippen molar-refractivity contribution in [3.05, 3.63) is 133 Å². The van der Waals surface area contributed by atoms with Gasteiger partial charge in [0, 0.05) is 23.8 Å². The summed E-state index contributed by atoms with van der Waals surface area (Å²) in [4.78, 5) is 54.3. The van der Waals surface area contributed by atoms with Crippen LogP contribution in [-0.2, 0) is 16.1 Å². The third-order valence-corrected chi connectivity index (χ3v) is 8.74. The maximum atomic E-state index is 14.1. The van der Waals surface area contributed by atoms with Crippen LogP contribution in [0.25, 0.3) is 6.08 Å². The lowest BCUT2D eigenvalue weighted by molar-refractivity contribution is -0.386. The third kappa shape index (κ3) is 7.06. The number of carbonyl (C=O) groups excluding carboxylic acids is 1. The molecule has 248 valence electrons. The fourth-order valence-electron chi connectivity index (χ4n) is 5.14. The minimum atomic E-state index is -0.909. The second-order valence-electron chi connectivity index (χ2n) is 10.8. The number of hydrogen-bond acceptors (Lipinski definition) is 11. The van der Waals surface area contributed by atoms with Gasteiger partial charge in [-0.2, -0.15) is 0 Å². The van der Waals surface area contributed by atoms with Crippen molar-refractivity contribution in [2.24, 2.45) is 4.99 Å². The SMILES string of the molecule is CCOC(=O)C1=C(C)N=c2s/c(=C\c3cc(Br)c(OCc4ccc([N+](=O)[O-])cc4)c([N+](=O)[O-])c3)c(=O)n2[C@@H]1c1ccccc1OC(C)C. The topological polar surface area (TPSA) is 165 Å². The molecule has 1 aromatic heterocycles. The molecule has 1 atom stereocenters. The van der Waals surface area contributed by atoms with E-state index in [0.29, 0.717) is 32.9 Å². The number of thiazole rings is 1. The number of nitro groups is 2. The maximum Gasteiger partial charge on any atom is 0.338 e. The molecule has 0 saturated carbocycles. The summed E-state index contributed by atoms with van der Waals surface area (Å²) in [5.41, 5.74) is 1.15. The molecule has 0 bridgehead atoms. The van der Waals surface area contributed by atoms with E-state index in [-0.39, 0.29) is 51.0 Å². The highest BCUT2D eigenvalue weighted by molar-refractivity contribution is 9.10. The zero-order valence-corrected chi connectivity index (χ0v) is 28.6. The molecule has 0 radical (unpaired) electrons. The molecule has 0 saturated heterocycles. The van der Waals surface area contributed by atoms with Crippen LogP contribution < -0.4 is 24.4 Å². The molecule has 48 heavy (non-hydrogen) atoms. The first-order chi connectivity index (χ1) is 22.9. The summed E-state index contributed by atoms with van der Waals surface area (Å²) in [5.74, 6) is -0.165. The predicted molar refractivity (Wildman–Crippen MR) is 181 cm³/mol. The van der Waals surface area contributed by atoms with E-state index in [9.17, 15) is 29.8 Å². The summed E-state index contributed by atoms with van der Waals surface area (Å²) in [7, 11) is 0. The number of esters is 1. The molecule has 0 aliphatic carbocycles. The number of benzene rings is 3. The summed E-state index contributed by atoms with van der Waals surface area (Å²) in [6.07, 6.45) is 1.33. The van der Waals surface area contributed by atoms with Gasteiger partial charge in [0.15, 0.2) is 4.80 Å². The zero-order valence-electron chi connectivity index (χ0n) is 26.2. The van der Waals surface area contributed by atoms with Gasteiger partial charge in [-0.15, -0.1) is 0 Å². The van der Waals surface area contributed by atoms with Gasteiger partial charge >= 0.3 is 11.7 Å². The Morgan fingerprint density at radius 2 is 1.81 bits per heavy atom. The minimum absolute atomic E-state index is 0.0478. The fourth-order valence-corrected chi connectivity index (χ4v) is 6.76. The highest BCUT2D eigenvalue weighted by Crippen LogP contribution is 2.38. The first kappa shape index (κ1) is 34.2. The third-order valence-electron chi connectivity index (χ3n) is 7.16. The van der Waals surface area contributed by atoms with Crippen LogP contribution in [0.3, 0.4) is 0 Å². The lowest BCUT2D eigenvalue weighted by Crippen LogP contribution is -2.40. The van der Waals surface area contributed by atoms with Crippen LogP contribution in [0, 0.1) is 20.2 Å². The molecule has 1 aliphatic rings. The van der Waals surface area contributed by atoms with Crippen LogP contribution in [0.5, 0.6) is 11.5 Å². The Hall–Kier alpha value is -5.15. The van der Waals surface area contributed by atoms with Crippen molar-refractivity contribution in [2.75, 3.05) is 6.61 Å². The summed E-state index contributed by atoms with van der Waals surface area (Å²) in [6.45, 7) is 7.16. The van der Waals surface area contributed by atoms with Gasteiger partial charge in [0.1, 0.15) is 18.4 Å². The first-order valence-corrected chi connectivity index (χ1v) is 16.3. The van der Waals surface area contributed by atoms with Gasteiger partial charge in [-0.1, -0.05) is 29.5 Å². The molecule has 0 unspecified atom stereocenters. The molecule has 2 heterocycles. The van der Waals surface area contributed by atoms with E-state index < -0.39 is 27.4 Å². The normalized spacial score (nSPS) is 14.4. The smallest absolute Gasteiger partial charge is 0.338 e. The lowest BCUT2D eigenvalue weighted by atomic mass is 9.95. The molecule has 0 fully saturated rings. The number of nitrogens with zero attached hydrogens (tertiary/aromatic N) is 4. The van der Waals surface area contributed by atoms with Crippen molar-refractivity contribution >= 4 is 50.7 Å². The molecule has 0 spiro atoms. The van der Waals surface area contributed by atoms with Crippen molar-refractivity contribution in [3.63, 3.8) is 0 Å². The number of nitro benzene ring substituents is 2. The van der Waals surface area contributed by atoms with Crippen LogP contribution in [0.4, 0.5) is 11.4 Å². The van der Waals surface area contributed by atoms with E-state index in [1.54, 1.807) is 44.2 Å². The molecule has 15 heteroatoms. The van der Waals surface area contributed by atoms with Crippen molar-refractivity contribution in [1.29, 1.82) is 0 Å². The van der Waals surface area contributed by atoms with Crippen molar-refractivity contribution in [2.45, 2.75) is 46.4 Å². The molecular formula is C33H29BrN4O9S. The number of hydrogen-bond donors (Lipinski definition) is 0. The summed E-state index contributed by atoms with van der Waals surface area (Å²) in [6, 6.07) is 14.7. The lowest BCUT2D eigenvalue weighted by Gasteiger charge is -2.26. The van der Waals surface area contributed by atoms with Gasteiger partial charge < -0.3 is 14.2 Å². The molecule has 0 N–H and O–H groups in total. The van der Waals surface area contributed by atoms with Crippen LogP contribution in [0.2, 0.25) is 0 Å². The molecule has 0 amide bonds. The Morgan fingerprint density at radius 3 is 2.46 bits per heavy atom. The number of para-hydroxylation sites is 1. The number of halogens is 1. The average Bonchev–Trinajstić information content (AvgIpc) is 3.33. The Labute approximate surface area is 285 Å². The van der Waals surface area contributed by atoms with Crippen LogP contribution in [-0.4, -0.2) is 33.1 Å². The van der Waals surface area contributed by atoms with E-state index in [1.165, 1.54) is 41.0 Å². The minimum Gasteiger partial charge on any atom is -0.491 e. The molecule has 1 aliphatic heterocycles. The number of rotatable bonds is 11. The second-order valence-corrected chi connectivity index (χ2v) is 12.7. The Morgan fingerprint density at radius 1 is 1.10 bits per heavy atom. The van der Waals surface area contributed by atoms with Crippen molar-refractivity contribution in [3.8, 4) is 11.5 Å². The number of fused-ring (bicyclic) bond motifs is 1. The largest absolute Gasteiger partial charge is 0.491 e. The van der Waals surface area contributed by atoms with E-state index in [0.717, 1.165) is 11.3 Å². The summed E-state index contributed by atoms with van der Waals surface area (Å²) in [5, 5.41) is 23.1. The van der Waals surface area contributed by atoms with Crippen LogP contribution in [0.1, 0.15) is 50.4 Å². The highest BCUT2D eigenvalue weighted by Gasteiger charge is 2.35. The van der Waals surface area contributed by atoms with Gasteiger partial charge in [0.25, 0.3) is 11.2 Å². The van der Waals surface area contributed by atoms with Crippen molar-refractivity contribution < 1.29 is 28.9 Å². The second kappa shape index (κ2) is 14.3. The summed E-state index contributed by atoms with van der Waals surface area (Å²) < 4.78 is 19.1. The van der Waals surface area contributed by atoms with E-state index in [1.807, 2.05) is 13.8 Å². The maximum absolute atomic E-state index is 14.1. The molecular weight excluding hydrogens is 708 g/mol. The molecule has 4 aromatic rings.